The van der Waals surface area contributed by atoms with E-state index in [1.54, 1.807) is 0 Å². The Labute approximate surface area is 111 Å². The Hall–Kier alpha value is -2.84. The first-order chi connectivity index (χ1) is 9.40. The van der Waals surface area contributed by atoms with Crippen LogP contribution in [0.4, 0.5) is 20.3 Å². The molecule has 0 aliphatic rings. The molecule has 0 aliphatic carbocycles. The first-order valence-corrected chi connectivity index (χ1v) is 5.33. The fourth-order valence-corrected chi connectivity index (χ4v) is 1.55. The van der Waals surface area contributed by atoms with Crippen LogP contribution in [0.2, 0.25) is 0 Å². The van der Waals surface area contributed by atoms with Crippen LogP contribution in [0.3, 0.4) is 0 Å². The molecule has 0 saturated heterocycles. The molecule has 0 aliphatic heterocycles. The maximum absolute atomic E-state index is 13.1. The fourth-order valence-electron chi connectivity index (χ4n) is 1.55. The molecule has 1 heterocycles. The summed E-state index contributed by atoms with van der Waals surface area (Å²) in [6.45, 7) is 0. The highest BCUT2D eigenvalue weighted by Crippen LogP contribution is 2.23. The van der Waals surface area contributed by atoms with Crippen LogP contribution < -0.4 is 5.32 Å². The van der Waals surface area contributed by atoms with E-state index >= 15 is 0 Å². The van der Waals surface area contributed by atoms with E-state index in [1.165, 1.54) is 24.0 Å². The Morgan fingerprint density at radius 3 is 2.60 bits per heavy atom. The molecule has 7 nitrogen and oxygen atoms in total. The lowest BCUT2D eigenvalue weighted by molar-refractivity contribution is -0.385. The number of benzene rings is 1. The largest absolute Gasteiger partial charge is 0.307 e. The van der Waals surface area contributed by atoms with Crippen LogP contribution in [0, 0.1) is 21.7 Å². The third-order valence-corrected chi connectivity index (χ3v) is 2.54. The van der Waals surface area contributed by atoms with E-state index in [-0.39, 0.29) is 5.82 Å². The smallest absolute Gasteiger partial charge is 0.285 e. The van der Waals surface area contributed by atoms with Crippen molar-refractivity contribution in [3.05, 3.63) is 51.7 Å². The third kappa shape index (κ3) is 2.46. The van der Waals surface area contributed by atoms with Crippen molar-refractivity contribution in [1.29, 1.82) is 0 Å². The number of hydrogen-bond donors (Lipinski definition) is 1. The monoisotopic (exact) mass is 282 g/mol. The summed E-state index contributed by atoms with van der Waals surface area (Å²) < 4.78 is 27.5. The second kappa shape index (κ2) is 5.03. The van der Waals surface area contributed by atoms with E-state index in [4.69, 9.17) is 0 Å². The quantitative estimate of drug-likeness (QED) is 0.687. The van der Waals surface area contributed by atoms with E-state index in [0.29, 0.717) is 12.1 Å². The summed E-state index contributed by atoms with van der Waals surface area (Å²) >= 11 is 0. The topological polar surface area (TPSA) is 90.1 Å². The van der Waals surface area contributed by atoms with Crippen molar-refractivity contribution in [1.82, 2.24) is 9.78 Å². The molecule has 2 aromatic rings. The fraction of sp³-hybridized carbons (Fsp3) is 0.0909. The average molecular weight is 282 g/mol. The van der Waals surface area contributed by atoms with Gasteiger partial charge in [-0.1, -0.05) is 0 Å². The SMILES string of the molecule is Cn1nccc1NC(=O)c1cc(F)c(F)cc1[N+](=O)[O-]. The number of amides is 1. The number of nitro benzene ring substituents is 1. The Bertz CT molecular complexity index is 699. The molecule has 0 saturated carbocycles. The number of rotatable bonds is 3. The minimum Gasteiger partial charge on any atom is -0.307 e. The highest BCUT2D eigenvalue weighted by atomic mass is 19.2. The number of aryl methyl sites for hydroxylation is 1. The molecule has 1 amide bonds. The van der Waals surface area contributed by atoms with Gasteiger partial charge in [0.05, 0.1) is 17.2 Å². The summed E-state index contributed by atoms with van der Waals surface area (Å²) in [5.74, 6) is -3.41. The molecule has 0 spiro atoms. The standard InChI is InChI=1S/C11H8F2N4O3/c1-16-10(2-3-14-16)15-11(18)6-4-7(12)8(13)5-9(6)17(19)20/h2-5H,1H3,(H,15,18). The Balaban J connectivity index is 2.41. The zero-order chi connectivity index (χ0) is 14.9. The van der Waals surface area contributed by atoms with Crippen LogP contribution in [0.25, 0.3) is 0 Å². The summed E-state index contributed by atoms with van der Waals surface area (Å²) in [5.41, 5.74) is -1.39. The number of carbonyl (C=O) groups excluding carboxylic acids is 1. The molecule has 20 heavy (non-hydrogen) atoms. The van der Waals surface area contributed by atoms with Gasteiger partial charge >= 0.3 is 0 Å². The number of nitro groups is 1. The molecule has 0 bridgehead atoms. The number of nitrogens with one attached hydrogen (secondary N) is 1. The molecule has 0 unspecified atom stereocenters. The molecule has 1 aromatic heterocycles. The van der Waals surface area contributed by atoms with Crippen molar-refractivity contribution in [3.8, 4) is 0 Å². The average Bonchev–Trinajstić information content (AvgIpc) is 2.77. The van der Waals surface area contributed by atoms with Gasteiger partial charge in [-0.25, -0.2) is 8.78 Å². The van der Waals surface area contributed by atoms with Gasteiger partial charge in [-0.05, 0) is 6.07 Å². The minimum absolute atomic E-state index is 0.258. The van der Waals surface area contributed by atoms with Gasteiger partial charge in [-0.15, -0.1) is 0 Å². The summed E-state index contributed by atoms with van der Waals surface area (Å²) in [6, 6.07) is 2.30. The minimum atomic E-state index is -1.39. The number of hydrogen-bond acceptors (Lipinski definition) is 4. The molecule has 1 N–H and O–H groups in total. The first kappa shape index (κ1) is 13.6. The maximum Gasteiger partial charge on any atom is 0.285 e. The van der Waals surface area contributed by atoms with E-state index in [0.717, 1.165) is 0 Å². The molecular formula is C11H8F2N4O3. The van der Waals surface area contributed by atoms with E-state index in [9.17, 15) is 23.7 Å². The second-order valence-corrected chi connectivity index (χ2v) is 3.83. The number of nitrogens with zero attached hydrogens (tertiary/aromatic N) is 3. The van der Waals surface area contributed by atoms with Crippen molar-refractivity contribution in [2.45, 2.75) is 0 Å². The van der Waals surface area contributed by atoms with E-state index in [2.05, 4.69) is 10.4 Å². The summed E-state index contributed by atoms with van der Waals surface area (Å²) in [5, 5.41) is 16.9. The van der Waals surface area contributed by atoms with Gasteiger partial charge in [0.15, 0.2) is 11.6 Å². The third-order valence-electron chi connectivity index (χ3n) is 2.54. The normalized spacial score (nSPS) is 10.3. The van der Waals surface area contributed by atoms with Gasteiger partial charge in [-0.3, -0.25) is 19.6 Å². The van der Waals surface area contributed by atoms with Gasteiger partial charge in [0.25, 0.3) is 11.6 Å². The second-order valence-electron chi connectivity index (χ2n) is 3.83. The van der Waals surface area contributed by atoms with Crippen LogP contribution >= 0.6 is 0 Å². The van der Waals surface area contributed by atoms with Crippen LogP contribution in [0.5, 0.6) is 0 Å². The summed E-state index contributed by atoms with van der Waals surface area (Å²) in [7, 11) is 1.54. The van der Waals surface area contributed by atoms with Gasteiger partial charge in [0.1, 0.15) is 11.4 Å². The number of halogens is 2. The van der Waals surface area contributed by atoms with Crippen LogP contribution in [-0.4, -0.2) is 20.6 Å². The lowest BCUT2D eigenvalue weighted by atomic mass is 10.1. The van der Waals surface area contributed by atoms with Crippen LogP contribution in [0.15, 0.2) is 24.4 Å². The molecule has 2 rings (SSSR count). The van der Waals surface area contributed by atoms with Crippen LogP contribution in [-0.2, 0) is 7.05 Å². The molecule has 1 aromatic carbocycles. The first-order valence-electron chi connectivity index (χ1n) is 5.33. The zero-order valence-electron chi connectivity index (χ0n) is 10.1. The van der Waals surface area contributed by atoms with E-state index < -0.39 is 33.7 Å². The van der Waals surface area contributed by atoms with Gasteiger partial charge in [0.2, 0.25) is 0 Å². The van der Waals surface area contributed by atoms with Gasteiger partial charge in [-0.2, -0.15) is 5.10 Å². The Morgan fingerprint density at radius 2 is 2.05 bits per heavy atom. The molecule has 0 fully saturated rings. The highest BCUT2D eigenvalue weighted by molar-refractivity contribution is 6.06. The van der Waals surface area contributed by atoms with E-state index in [1.807, 2.05) is 0 Å². The lowest BCUT2D eigenvalue weighted by Gasteiger charge is -2.06. The molecule has 104 valence electrons. The predicted octanol–water partition coefficient (Wildman–Crippen LogP) is 1.86. The Kier molecular flexibility index (Phi) is 3.42. The van der Waals surface area contributed by atoms with Crippen molar-refractivity contribution in [2.24, 2.45) is 7.05 Å². The van der Waals surface area contributed by atoms with Gasteiger partial charge < -0.3 is 5.32 Å². The highest BCUT2D eigenvalue weighted by Gasteiger charge is 2.24. The van der Waals surface area contributed by atoms with Crippen molar-refractivity contribution in [2.75, 3.05) is 5.32 Å². The maximum atomic E-state index is 13.1. The lowest BCUT2D eigenvalue weighted by Crippen LogP contribution is -2.16. The predicted molar refractivity (Wildman–Crippen MR) is 64.2 cm³/mol. The van der Waals surface area contributed by atoms with Gasteiger partial charge in [0, 0.05) is 13.1 Å². The number of anilines is 1. The Morgan fingerprint density at radius 1 is 1.40 bits per heavy atom. The molecule has 9 heteroatoms. The van der Waals surface area contributed by atoms with Crippen molar-refractivity contribution in [3.63, 3.8) is 0 Å². The summed E-state index contributed by atoms with van der Waals surface area (Å²) in [4.78, 5) is 21.7. The zero-order valence-corrected chi connectivity index (χ0v) is 10.1. The summed E-state index contributed by atoms with van der Waals surface area (Å²) in [6.07, 6.45) is 1.40. The number of aromatic nitrogens is 2. The molecular weight excluding hydrogens is 274 g/mol. The number of carbonyl (C=O) groups is 1. The molecule has 0 radical (unpaired) electrons. The van der Waals surface area contributed by atoms with Crippen molar-refractivity contribution < 1.29 is 18.5 Å². The van der Waals surface area contributed by atoms with Crippen LogP contribution in [0.1, 0.15) is 10.4 Å². The molecule has 0 atom stereocenters. The van der Waals surface area contributed by atoms with Crippen molar-refractivity contribution >= 4 is 17.4 Å².